The number of para-hydroxylation sites is 2. The van der Waals surface area contributed by atoms with Crippen molar-refractivity contribution in [3.63, 3.8) is 0 Å². The molecule has 0 bridgehead atoms. The summed E-state index contributed by atoms with van der Waals surface area (Å²) in [6, 6.07) is 14.4. The fraction of sp³-hybridized carbons (Fsp3) is 0.286. The van der Waals surface area contributed by atoms with Crippen molar-refractivity contribution in [1.82, 2.24) is 9.55 Å². The SMILES string of the molecule is C=CCc1ccc(OCc2nc3ccccc3n2C(C)C)c(OC)c1. The molecule has 3 rings (SSSR count). The minimum Gasteiger partial charge on any atom is -0.493 e. The first-order valence-corrected chi connectivity index (χ1v) is 8.50. The highest BCUT2D eigenvalue weighted by Crippen LogP contribution is 2.30. The van der Waals surface area contributed by atoms with E-state index in [2.05, 4.69) is 31.1 Å². The molecular weight excluding hydrogens is 312 g/mol. The van der Waals surface area contributed by atoms with Crippen LogP contribution in [0.4, 0.5) is 0 Å². The normalized spacial score (nSPS) is 11.0. The third-order valence-electron chi connectivity index (χ3n) is 4.15. The van der Waals surface area contributed by atoms with E-state index in [1.165, 1.54) is 0 Å². The number of ether oxygens (including phenoxy) is 2. The van der Waals surface area contributed by atoms with Crippen LogP contribution in [0.15, 0.2) is 55.1 Å². The number of rotatable bonds is 7. The highest BCUT2D eigenvalue weighted by molar-refractivity contribution is 5.76. The van der Waals surface area contributed by atoms with Gasteiger partial charge in [-0.1, -0.05) is 24.3 Å². The first-order valence-electron chi connectivity index (χ1n) is 8.50. The number of aromatic nitrogens is 2. The number of allylic oxidation sites excluding steroid dienone is 1. The van der Waals surface area contributed by atoms with E-state index >= 15 is 0 Å². The summed E-state index contributed by atoms with van der Waals surface area (Å²) in [5.74, 6) is 2.36. The number of methoxy groups -OCH3 is 1. The van der Waals surface area contributed by atoms with Gasteiger partial charge in [-0.05, 0) is 50.1 Å². The summed E-state index contributed by atoms with van der Waals surface area (Å²) in [4.78, 5) is 4.74. The van der Waals surface area contributed by atoms with Crippen molar-refractivity contribution in [2.75, 3.05) is 7.11 Å². The zero-order valence-electron chi connectivity index (χ0n) is 15.0. The summed E-state index contributed by atoms with van der Waals surface area (Å²) in [6.45, 7) is 8.48. The molecule has 1 aromatic heterocycles. The van der Waals surface area contributed by atoms with Crippen LogP contribution in [-0.4, -0.2) is 16.7 Å². The van der Waals surface area contributed by atoms with E-state index in [1.807, 2.05) is 42.5 Å². The van der Waals surface area contributed by atoms with Crippen LogP contribution >= 0.6 is 0 Å². The van der Waals surface area contributed by atoms with Crippen LogP contribution in [0.3, 0.4) is 0 Å². The summed E-state index contributed by atoms with van der Waals surface area (Å²) >= 11 is 0. The van der Waals surface area contributed by atoms with Crippen LogP contribution in [0.1, 0.15) is 31.3 Å². The zero-order valence-corrected chi connectivity index (χ0v) is 15.0. The molecule has 0 atom stereocenters. The number of hydrogen-bond donors (Lipinski definition) is 0. The predicted molar refractivity (Wildman–Crippen MR) is 101 cm³/mol. The number of benzene rings is 2. The van der Waals surface area contributed by atoms with Crippen LogP contribution in [0.2, 0.25) is 0 Å². The van der Waals surface area contributed by atoms with E-state index in [9.17, 15) is 0 Å². The Hall–Kier alpha value is -2.75. The summed E-state index contributed by atoms with van der Waals surface area (Å²) in [6.07, 6.45) is 2.68. The van der Waals surface area contributed by atoms with Crippen LogP contribution in [0, 0.1) is 0 Å². The summed E-state index contributed by atoms with van der Waals surface area (Å²) in [5.41, 5.74) is 3.26. The molecule has 130 valence electrons. The lowest BCUT2D eigenvalue weighted by Crippen LogP contribution is -2.09. The lowest BCUT2D eigenvalue weighted by molar-refractivity contribution is 0.270. The lowest BCUT2D eigenvalue weighted by atomic mass is 10.1. The van der Waals surface area contributed by atoms with E-state index < -0.39 is 0 Å². The molecule has 0 aliphatic carbocycles. The van der Waals surface area contributed by atoms with E-state index in [0.29, 0.717) is 12.6 Å². The van der Waals surface area contributed by atoms with Gasteiger partial charge in [0.2, 0.25) is 0 Å². The summed E-state index contributed by atoms with van der Waals surface area (Å²) in [7, 11) is 1.66. The van der Waals surface area contributed by atoms with Gasteiger partial charge in [0.05, 0.1) is 18.1 Å². The maximum absolute atomic E-state index is 6.03. The van der Waals surface area contributed by atoms with Crippen molar-refractivity contribution in [1.29, 1.82) is 0 Å². The number of hydrogen-bond acceptors (Lipinski definition) is 3. The van der Waals surface area contributed by atoms with Crippen LogP contribution < -0.4 is 9.47 Å². The molecule has 0 N–H and O–H groups in total. The van der Waals surface area contributed by atoms with Gasteiger partial charge in [-0.3, -0.25) is 0 Å². The smallest absolute Gasteiger partial charge is 0.161 e. The largest absolute Gasteiger partial charge is 0.493 e. The second kappa shape index (κ2) is 7.43. The molecule has 0 aliphatic heterocycles. The second-order valence-electron chi connectivity index (χ2n) is 6.25. The molecule has 0 fully saturated rings. The maximum atomic E-state index is 6.03. The molecule has 4 nitrogen and oxygen atoms in total. The Bertz CT molecular complexity index is 881. The van der Waals surface area contributed by atoms with Crippen molar-refractivity contribution in [2.24, 2.45) is 0 Å². The molecule has 2 aromatic carbocycles. The first kappa shape index (κ1) is 17.1. The van der Waals surface area contributed by atoms with Crippen molar-refractivity contribution in [3.8, 4) is 11.5 Å². The van der Waals surface area contributed by atoms with Gasteiger partial charge >= 0.3 is 0 Å². The Morgan fingerprint density at radius 3 is 2.68 bits per heavy atom. The molecular formula is C21H24N2O2. The quantitative estimate of drug-likeness (QED) is 0.574. The van der Waals surface area contributed by atoms with Crippen molar-refractivity contribution >= 4 is 11.0 Å². The van der Waals surface area contributed by atoms with Gasteiger partial charge in [0.15, 0.2) is 11.5 Å². The first-order chi connectivity index (χ1) is 12.1. The van der Waals surface area contributed by atoms with Gasteiger partial charge in [-0.25, -0.2) is 4.98 Å². The van der Waals surface area contributed by atoms with E-state index in [0.717, 1.165) is 40.3 Å². The lowest BCUT2D eigenvalue weighted by Gasteiger charge is -2.15. The minimum atomic E-state index is 0.308. The van der Waals surface area contributed by atoms with Gasteiger partial charge in [0, 0.05) is 6.04 Å². The zero-order chi connectivity index (χ0) is 17.8. The highest BCUT2D eigenvalue weighted by atomic mass is 16.5. The van der Waals surface area contributed by atoms with Crippen LogP contribution in [0.25, 0.3) is 11.0 Å². The van der Waals surface area contributed by atoms with Gasteiger partial charge in [-0.15, -0.1) is 6.58 Å². The average molecular weight is 336 g/mol. The summed E-state index contributed by atoms with van der Waals surface area (Å²) in [5, 5.41) is 0. The monoisotopic (exact) mass is 336 g/mol. The maximum Gasteiger partial charge on any atom is 0.161 e. The Kier molecular flexibility index (Phi) is 5.08. The molecule has 3 aromatic rings. The Labute approximate surface area is 148 Å². The van der Waals surface area contributed by atoms with Crippen molar-refractivity contribution < 1.29 is 9.47 Å². The van der Waals surface area contributed by atoms with Gasteiger partial charge < -0.3 is 14.0 Å². The second-order valence-corrected chi connectivity index (χ2v) is 6.25. The number of imidazole rings is 1. The van der Waals surface area contributed by atoms with Gasteiger partial charge in [0.1, 0.15) is 12.4 Å². The molecule has 25 heavy (non-hydrogen) atoms. The molecule has 0 unspecified atom stereocenters. The topological polar surface area (TPSA) is 36.3 Å². The number of fused-ring (bicyclic) bond motifs is 1. The summed E-state index contributed by atoms with van der Waals surface area (Å²) < 4.78 is 13.7. The van der Waals surface area contributed by atoms with E-state index in [1.54, 1.807) is 7.11 Å². The third kappa shape index (κ3) is 3.53. The van der Waals surface area contributed by atoms with Gasteiger partial charge in [0.25, 0.3) is 0 Å². The third-order valence-corrected chi connectivity index (χ3v) is 4.15. The molecule has 1 heterocycles. The Morgan fingerprint density at radius 1 is 1.16 bits per heavy atom. The molecule has 4 heteroatoms. The molecule has 0 radical (unpaired) electrons. The minimum absolute atomic E-state index is 0.308. The van der Waals surface area contributed by atoms with Crippen molar-refractivity contribution in [2.45, 2.75) is 32.9 Å². The van der Waals surface area contributed by atoms with Gasteiger partial charge in [-0.2, -0.15) is 0 Å². The molecule has 0 saturated carbocycles. The predicted octanol–water partition coefficient (Wildman–Crippen LogP) is 4.93. The van der Waals surface area contributed by atoms with Crippen molar-refractivity contribution in [3.05, 3.63) is 66.5 Å². The molecule has 0 aliphatic rings. The molecule has 0 amide bonds. The molecule has 0 spiro atoms. The van der Waals surface area contributed by atoms with E-state index in [-0.39, 0.29) is 0 Å². The Morgan fingerprint density at radius 2 is 1.96 bits per heavy atom. The fourth-order valence-corrected chi connectivity index (χ4v) is 3.04. The van der Waals surface area contributed by atoms with Crippen LogP contribution in [0.5, 0.6) is 11.5 Å². The molecule has 0 saturated heterocycles. The standard InChI is InChI=1S/C21H24N2O2/c1-5-8-16-11-12-19(20(13-16)24-4)25-14-21-22-17-9-6-7-10-18(17)23(21)15(2)3/h5-7,9-13,15H,1,8,14H2,2-4H3. The van der Waals surface area contributed by atoms with E-state index in [4.69, 9.17) is 14.5 Å². The van der Waals surface area contributed by atoms with Crippen LogP contribution in [-0.2, 0) is 13.0 Å². The fourth-order valence-electron chi connectivity index (χ4n) is 3.04. The number of nitrogens with zero attached hydrogens (tertiary/aromatic N) is 2. The average Bonchev–Trinajstić information content (AvgIpc) is 2.99. The highest BCUT2D eigenvalue weighted by Gasteiger charge is 2.14. The Balaban J connectivity index is 1.88.